The molecule has 1 aliphatic carbocycles. The van der Waals surface area contributed by atoms with E-state index in [2.05, 4.69) is 24.0 Å². The van der Waals surface area contributed by atoms with Gasteiger partial charge >= 0.3 is 5.97 Å². The third kappa shape index (κ3) is 3.27. The van der Waals surface area contributed by atoms with E-state index in [9.17, 15) is 9.90 Å². The Morgan fingerprint density at radius 3 is 2.79 bits per heavy atom. The van der Waals surface area contributed by atoms with Crippen LogP contribution in [0.5, 0.6) is 0 Å². The van der Waals surface area contributed by atoms with Crippen molar-refractivity contribution in [2.45, 2.75) is 50.9 Å². The van der Waals surface area contributed by atoms with E-state index in [0.29, 0.717) is 11.0 Å². The van der Waals surface area contributed by atoms with Crippen LogP contribution in [0.25, 0.3) is 0 Å². The van der Waals surface area contributed by atoms with Crippen molar-refractivity contribution in [1.29, 1.82) is 0 Å². The molecule has 1 fully saturated rings. The number of aliphatic hydroxyl groups is 1. The van der Waals surface area contributed by atoms with Crippen LogP contribution in [0.4, 0.5) is 0 Å². The molecule has 7 heteroatoms. The van der Waals surface area contributed by atoms with Gasteiger partial charge in [0.05, 0.1) is 5.75 Å². The smallest absolute Gasteiger partial charge is 0.313 e. The van der Waals surface area contributed by atoms with Gasteiger partial charge in [-0.3, -0.25) is 4.79 Å². The fourth-order valence-electron chi connectivity index (χ4n) is 2.63. The van der Waals surface area contributed by atoms with Crippen LogP contribution in [0, 0.1) is 5.41 Å². The molecule has 1 aliphatic rings. The minimum atomic E-state index is -0.878. The van der Waals surface area contributed by atoms with Crippen molar-refractivity contribution < 1.29 is 15.0 Å². The molecule has 0 radical (unpaired) electrons. The molecule has 2 N–H and O–H groups in total. The standard InChI is InChI=1S/C12H19N3O3S/c1-12(2)4-3-8(5-12)15-9(6-16)13-14-11(15)19-7-10(17)18/h8,16H,3-7H2,1-2H3,(H,17,18). The van der Waals surface area contributed by atoms with E-state index >= 15 is 0 Å². The van der Waals surface area contributed by atoms with Gasteiger partial charge in [0, 0.05) is 6.04 Å². The normalized spacial score (nSPS) is 21.7. The predicted octanol–water partition coefficient (Wildman–Crippen LogP) is 1.70. The molecule has 0 aliphatic heterocycles. The Morgan fingerprint density at radius 1 is 1.53 bits per heavy atom. The van der Waals surface area contributed by atoms with Crippen LogP contribution in [0.1, 0.15) is 45.0 Å². The Hall–Kier alpha value is -1.08. The van der Waals surface area contributed by atoms with Crippen molar-refractivity contribution in [3.63, 3.8) is 0 Å². The first-order valence-corrected chi connectivity index (χ1v) is 7.31. The number of rotatable bonds is 5. The molecule has 1 aromatic heterocycles. The number of aromatic nitrogens is 3. The van der Waals surface area contributed by atoms with E-state index in [1.165, 1.54) is 0 Å². The molecular formula is C12H19N3O3S. The van der Waals surface area contributed by atoms with Gasteiger partial charge in [0.1, 0.15) is 6.61 Å². The monoisotopic (exact) mass is 285 g/mol. The maximum atomic E-state index is 10.7. The molecular weight excluding hydrogens is 266 g/mol. The van der Waals surface area contributed by atoms with E-state index in [0.717, 1.165) is 31.0 Å². The molecule has 0 spiro atoms. The zero-order valence-corrected chi connectivity index (χ0v) is 12.0. The topological polar surface area (TPSA) is 88.2 Å². The summed E-state index contributed by atoms with van der Waals surface area (Å²) in [5.41, 5.74) is 0.274. The molecule has 0 aromatic carbocycles. The maximum absolute atomic E-state index is 10.7. The summed E-state index contributed by atoms with van der Waals surface area (Å²) in [6.07, 6.45) is 3.13. The number of aliphatic carboxylic acids is 1. The lowest BCUT2D eigenvalue weighted by molar-refractivity contribution is -0.133. The molecule has 0 amide bonds. The highest BCUT2D eigenvalue weighted by Gasteiger charge is 2.34. The summed E-state index contributed by atoms with van der Waals surface area (Å²) in [5, 5.41) is 26.7. The third-order valence-corrected chi connectivity index (χ3v) is 4.44. The van der Waals surface area contributed by atoms with Gasteiger partial charge in [-0.1, -0.05) is 25.6 Å². The molecule has 1 unspecified atom stereocenters. The zero-order valence-electron chi connectivity index (χ0n) is 11.2. The Kier molecular flexibility index (Phi) is 4.15. The van der Waals surface area contributed by atoms with Crippen LogP contribution < -0.4 is 0 Å². The number of nitrogens with zero attached hydrogens (tertiary/aromatic N) is 3. The average Bonchev–Trinajstić information content (AvgIpc) is 2.88. The van der Waals surface area contributed by atoms with Crippen molar-refractivity contribution in [1.82, 2.24) is 14.8 Å². The molecule has 0 bridgehead atoms. The largest absolute Gasteiger partial charge is 0.481 e. The molecule has 2 rings (SSSR count). The van der Waals surface area contributed by atoms with Crippen molar-refractivity contribution >= 4 is 17.7 Å². The molecule has 1 saturated carbocycles. The Morgan fingerprint density at radius 2 is 2.26 bits per heavy atom. The van der Waals surface area contributed by atoms with Gasteiger partial charge in [-0.15, -0.1) is 10.2 Å². The van der Waals surface area contributed by atoms with Gasteiger partial charge in [0.25, 0.3) is 0 Å². The number of hydrogen-bond acceptors (Lipinski definition) is 5. The first-order chi connectivity index (χ1) is 8.93. The van der Waals surface area contributed by atoms with Crippen molar-refractivity contribution in [3.05, 3.63) is 5.82 Å². The number of carbonyl (C=O) groups is 1. The molecule has 1 aromatic rings. The average molecular weight is 285 g/mol. The second kappa shape index (κ2) is 5.50. The van der Waals surface area contributed by atoms with Crippen LogP contribution in [-0.4, -0.2) is 36.7 Å². The molecule has 1 atom stereocenters. The molecule has 19 heavy (non-hydrogen) atoms. The van der Waals surface area contributed by atoms with E-state index < -0.39 is 5.97 Å². The van der Waals surface area contributed by atoms with Crippen LogP contribution in [0.2, 0.25) is 0 Å². The van der Waals surface area contributed by atoms with Crippen LogP contribution in [0.15, 0.2) is 5.16 Å². The van der Waals surface area contributed by atoms with Gasteiger partial charge in [0.15, 0.2) is 11.0 Å². The number of carboxylic acids is 1. The maximum Gasteiger partial charge on any atom is 0.313 e. The van der Waals surface area contributed by atoms with E-state index in [4.69, 9.17) is 5.11 Å². The molecule has 0 saturated heterocycles. The summed E-state index contributed by atoms with van der Waals surface area (Å²) < 4.78 is 1.92. The number of thioether (sulfide) groups is 1. The fraction of sp³-hybridized carbons (Fsp3) is 0.750. The van der Waals surface area contributed by atoms with E-state index in [1.54, 1.807) is 0 Å². The minimum Gasteiger partial charge on any atom is -0.481 e. The number of aliphatic hydroxyl groups excluding tert-OH is 1. The Bertz CT molecular complexity index is 473. The minimum absolute atomic E-state index is 0.0420. The van der Waals surface area contributed by atoms with Crippen LogP contribution in [-0.2, 0) is 11.4 Å². The quantitative estimate of drug-likeness (QED) is 0.801. The Labute approximate surface area is 116 Å². The van der Waals surface area contributed by atoms with Gasteiger partial charge in [-0.25, -0.2) is 0 Å². The van der Waals surface area contributed by atoms with Gasteiger partial charge in [-0.2, -0.15) is 0 Å². The lowest BCUT2D eigenvalue weighted by atomic mass is 9.92. The second-order valence-corrected chi connectivity index (χ2v) is 6.61. The van der Waals surface area contributed by atoms with Crippen molar-refractivity contribution in [3.8, 4) is 0 Å². The number of carboxylic acid groups (broad SMARTS) is 1. The lowest BCUT2D eigenvalue weighted by Gasteiger charge is -2.19. The van der Waals surface area contributed by atoms with Crippen molar-refractivity contribution in [2.75, 3.05) is 5.75 Å². The molecule has 1 heterocycles. The summed E-state index contributed by atoms with van der Waals surface area (Å²) in [6.45, 7) is 4.28. The van der Waals surface area contributed by atoms with Gasteiger partial charge in [-0.05, 0) is 24.7 Å². The first kappa shape index (κ1) is 14.3. The van der Waals surface area contributed by atoms with Gasteiger partial charge < -0.3 is 14.8 Å². The van der Waals surface area contributed by atoms with Crippen LogP contribution in [0.3, 0.4) is 0 Å². The Balaban J connectivity index is 2.22. The first-order valence-electron chi connectivity index (χ1n) is 6.32. The third-order valence-electron chi connectivity index (χ3n) is 3.51. The highest BCUT2D eigenvalue weighted by atomic mass is 32.2. The van der Waals surface area contributed by atoms with Crippen molar-refractivity contribution in [2.24, 2.45) is 5.41 Å². The summed E-state index contributed by atoms with van der Waals surface area (Å²) >= 11 is 1.16. The summed E-state index contributed by atoms with van der Waals surface area (Å²) in [4.78, 5) is 10.7. The predicted molar refractivity (Wildman–Crippen MR) is 71.0 cm³/mol. The fourth-order valence-corrected chi connectivity index (χ4v) is 3.37. The summed E-state index contributed by atoms with van der Waals surface area (Å²) in [6, 6.07) is 0.253. The summed E-state index contributed by atoms with van der Waals surface area (Å²) in [5.74, 6) is -0.396. The van der Waals surface area contributed by atoms with Crippen LogP contribution >= 0.6 is 11.8 Å². The lowest BCUT2D eigenvalue weighted by Crippen LogP contribution is -2.14. The van der Waals surface area contributed by atoms with E-state index in [1.807, 2.05) is 4.57 Å². The SMILES string of the molecule is CC1(C)CCC(n2c(CO)nnc2SCC(=O)O)C1. The van der Waals surface area contributed by atoms with Gasteiger partial charge in [0.2, 0.25) is 0 Å². The molecule has 106 valence electrons. The highest BCUT2D eigenvalue weighted by molar-refractivity contribution is 7.99. The van der Waals surface area contributed by atoms with E-state index in [-0.39, 0.29) is 23.8 Å². The number of hydrogen-bond donors (Lipinski definition) is 2. The zero-order chi connectivity index (χ0) is 14.0. The second-order valence-electron chi connectivity index (χ2n) is 5.67. The molecule has 6 nitrogen and oxygen atoms in total. The summed E-state index contributed by atoms with van der Waals surface area (Å²) in [7, 11) is 0. The highest BCUT2D eigenvalue weighted by Crippen LogP contribution is 2.44.